The van der Waals surface area contributed by atoms with Crippen molar-refractivity contribution < 1.29 is 17.9 Å². The molecular weight excluding hydrogens is 381 g/mol. The predicted octanol–water partition coefficient (Wildman–Crippen LogP) is 3.36. The van der Waals surface area contributed by atoms with Crippen molar-refractivity contribution in [3.05, 3.63) is 44.8 Å². The summed E-state index contributed by atoms with van der Waals surface area (Å²) in [6.07, 6.45) is 0. The van der Waals surface area contributed by atoms with Gasteiger partial charge in [-0.25, -0.2) is 12.8 Å². The first-order valence-corrected chi connectivity index (χ1v) is 9.12. The molecule has 4 nitrogen and oxygen atoms in total. The van der Waals surface area contributed by atoms with Crippen LogP contribution >= 0.6 is 27.3 Å². The van der Waals surface area contributed by atoms with Gasteiger partial charge in [-0.15, -0.1) is 11.3 Å². The van der Waals surface area contributed by atoms with Crippen LogP contribution in [0.1, 0.15) is 11.8 Å². The van der Waals surface area contributed by atoms with Gasteiger partial charge in [0.25, 0.3) is 10.0 Å². The van der Waals surface area contributed by atoms with Gasteiger partial charge in [0.05, 0.1) is 16.1 Å². The monoisotopic (exact) mass is 393 g/mol. The molecule has 1 aromatic heterocycles. The lowest BCUT2D eigenvalue weighted by molar-refractivity contribution is 0.285. The number of hydrogen-bond acceptors (Lipinski definition) is 4. The molecule has 1 aromatic carbocycles. The fraction of sp³-hybridized carbons (Fsp3) is 0.231. The molecule has 0 atom stereocenters. The molecule has 0 fully saturated rings. The number of nitrogens with zero attached hydrogens (tertiary/aromatic N) is 1. The number of sulfonamides is 1. The summed E-state index contributed by atoms with van der Waals surface area (Å²) in [5, 5.41) is 9.12. The lowest BCUT2D eigenvalue weighted by Gasteiger charge is -2.22. The molecule has 0 unspecified atom stereocenters. The molecule has 0 aliphatic rings. The van der Waals surface area contributed by atoms with E-state index in [1.54, 1.807) is 6.92 Å². The summed E-state index contributed by atoms with van der Waals surface area (Å²) in [5.41, 5.74) is 0.265. The second-order valence-corrected chi connectivity index (χ2v) is 8.44. The zero-order valence-electron chi connectivity index (χ0n) is 11.1. The van der Waals surface area contributed by atoms with E-state index in [0.717, 1.165) is 15.6 Å². The van der Waals surface area contributed by atoms with E-state index in [-0.39, 0.29) is 23.7 Å². The van der Waals surface area contributed by atoms with Gasteiger partial charge >= 0.3 is 0 Å². The van der Waals surface area contributed by atoms with E-state index in [4.69, 9.17) is 5.11 Å². The lowest BCUT2D eigenvalue weighted by Crippen LogP contribution is -2.30. The van der Waals surface area contributed by atoms with Crippen LogP contribution in [0.5, 0.6) is 0 Å². The lowest BCUT2D eigenvalue weighted by atomic mass is 10.3. The van der Waals surface area contributed by atoms with Crippen LogP contribution in [0, 0.1) is 5.82 Å². The van der Waals surface area contributed by atoms with Gasteiger partial charge in [0, 0.05) is 11.4 Å². The van der Waals surface area contributed by atoms with E-state index in [9.17, 15) is 12.8 Å². The van der Waals surface area contributed by atoms with Crippen LogP contribution in [0.2, 0.25) is 0 Å². The van der Waals surface area contributed by atoms with Crippen LogP contribution < -0.4 is 4.31 Å². The van der Waals surface area contributed by atoms with Crippen molar-refractivity contribution in [3.63, 3.8) is 0 Å². The van der Waals surface area contributed by atoms with Gasteiger partial charge in [-0.1, -0.05) is 6.07 Å². The van der Waals surface area contributed by atoms with E-state index in [1.165, 1.54) is 30.3 Å². The van der Waals surface area contributed by atoms with Crippen molar-refractivity contribution in [1.29, 1.82) is 0 Å². The normalized spacial score (nSPS) is 11.6. The summed E-state index contributed by atoms with van der Waals surface area (Å²) >= 11 is 4.36. The number of aliphatic hydroxyl groups is 1. The van der Waals surface area contributed by atoms with Gasteiger partial charge in [-0.2, -0.15) is 0 Å². The Balaban J connectivity index is 2.51. The van der Waals surface area contributed by atoms with Crippen LogP contribution in [0.4, 0.5) is 10.1 Å². The first-order valence-electron chi connectivity index (χ1n) is 6.07. The van der Waals surface area contributed by atoms with Crippen molar-refractivity contribution in [2.75, 3.05) is 10.8 Å². The van der Waals surface area contributed by atoms with Gasteiger partial charge in [0.15, 0.2) is 0 Å². The summed E-state index contributed by atoms with van der Waals surface area (Å²) in [7, 11) is -3.82. The number of anilines is 1. The zero-order chi connectivity index (χ0) is 15.6. The molecule has 0 radical (unpaired) electrons. The van der Waals surface area contributed by atoms with Crippen LogP contribution in [0.15, 0.2) is 39.0 Å². The van der Waals surface area contributed by atoms with Crippen molar-refractivity contribution in [1.82, 2.24) is 0 Å². The van der Waals surface area contributed by atoms with Gasteiger partial charge in [-0.3, -0.25) is 4.31 Å². The number of halogens is 2. The minimum atomic E-state index is -3.82. The molecule has 1 N–H and O–H groups in total. The topological polar surface area (TPSA) is 57.6 Å². The van der Waals surface area contributed by atoms with E-state index < -0.39 is 15.8 Å². The highest BCUT2D eigenvalue weighted by atomic mass is 79.9. The van der Waals surface area contributed by atoms with Crippen molar-refractivity contribution in [3.8, 4) is 0 Å². The molecule has 0 aliphatic heterocycles. The summed E-state index contributed by atoms with van der Waals surface area (Å²) < 4.78 is 40.3. The summed E-state index contributed by atoms with van der Waals surface area (Å²) in [6.45, 7) is 1.61. The minimum absolute atomic E-state index is 0.0719. The Morgan fingerprint density at radius 1 is 1.38 bits per heavy atom. The van der Waals surface area contributed by atoms with E-state index in [2.05, 4.69) is 15.9 Å². The Kier molecular flexibility index (Phi) is 5.03. The zero-order valence-corrected chi connectivity index (χ0v) is 14.3. The predicted molar refractivity (Wildman–Crippen MR) is 84.5 cm³/mol. The molecule has 0 spiro atoms. The van der Waals surface area contributed by atoms with Gasteiger partial charge in [-0.05, 0) is 47.1 Å². The van der Waals surface area contributed by atoms with Gasteiger partial charge in [0.2, 0.25) is 0 Å². The molecule has 2 aromatic rings. The maximum absolute atomic E-state index is 13.3. The molecule has 2 rings (SSSR count). The van der Waals surface area contributed by atoms with Crippen molar-refractivity contribution in [2.45, 2.75) is 18.4 Å². The van der Waals surface area contributed by atoms with E-state index >= 15 is 0 Å². The number of thiophene rings is 1. The quantitative estimate of drug-likeness (QED) is 0.846. The summed E-state index contributed by atoms with van der Waals surface area (Å²) in [6, 6.07) is 6.86. The SMILES string of the molecule is CCN(c1cccc(F)c1)S(=O)(=O)c1cc(CO)sc1Br. The average Bonchev–Trinajstić information content (AvgIpc) is 2.81. The highest BCUT2D eigenvalue weighted by Crippen LogP contribution is 2.35. The fourth-order valence-corrected chi connectivity index (χ4v) is 5.85. The third-order valence-electron chi connectivity index (χ3n) is 2.81. The molecule has 0 amide bonds. The number of rotatable bonds is 5. The second kappa shape index (κ2) is 6.43. The third kappa shape index (κ3) is 3.28. The highest BCUT2D eigenvalue weighted by molar-refractivity contribution is 9.11. The Labute approximate surface area is 135 Å². The van der Waals surface area contributed by atoms with Crippen molar-refractivity contribution >= 4 is 43.0 Å². The third-order valence-corrected chi connectivity index (χ3v) is 6.95. The van der Waals surface area contributed by atoms with Crippen LogP contribution in [0.25, 0.3) is 0 Å². The van der Waals surface area contributed by atoms with Gasteiger partial charge < -0.3 is 5.11 Å². The standard InChI is InChI=1S/C13H13BrFNO3S2/c1-2-16(10-5-3-4-9(15)6-10)21(18,19)12-7-11(8-17)20-13(12)14/h3-7,17H,2,8H2,1H3. The average molecular weight is 394 g/mol. The first-order chi connectivity index (χ1) is 9.90. The van der Waals surface area contributed by atoms with E-state index in [1.807, 2.05) is 0 Å². The van der Waals surface area contributed by atoms with Gasteiger partial charge in [0.1, 0.15) is 10.7 Å². The molecule has 21 heavy (non-hydrogen) atoms. The Morgan fingerprint density at radius 2 is 2.10 bits per heavy atom. The van der Waals surface area contributed by atoms with Crippen LogP contribution in [-0.2, 0) is 16.6 Å². The smallest absolute Gasteiger partial charge is 0.266 e. The molecular formula is C13H13BrFNO3S2. The molecule has 0 aliphatic carbocycles. The van der Waals surface area contributed by atoms with Crippen LogP contribution in [-0.4, -0.2) is 20.1 Å². The molecule has 8 heteroatoms. The largest absolute Gasteiger partial charge is 0.391 e. The highest BCUT2D eigenvalue weighted by Gasteiger charge is 2.28. The summed E-state index contributed by atoms with van der Waals surface area (Å²) in [4.78, 5) is 0.610. The number of benzene rings is 1. The first kappa shape index (κ1) is 16.4. The Hall–Kier alpha value is -0.960. The molecule has 1 heterocycles. The fourth-order valence-electron chi connectivity index (χ4n) is 1.89. The molecule has 0 saturated heterocycles. The number of aliphatic hydroxyl groups excluding tert-OH is 1. The maximum atomic E-state index is 13.3. The minimum Gasteiger partial charge on any atom is -0.391 e. The van der Waals surface area contributed by atoms with E-state index in [0.29, 0.717) is 8.66 Å². The Morgan fingerprint density at radius 3 is 2.62 bits per heavy atom. The molecule has 0 saturated carbocycles. The van der Waals surface area contributed by atoms with Crippen molar-refractivity contribution in [2.24, 2.45) is 0 Å². The second-order valence-electron chi connectivity index (χ2n) is 4.16. The van der Waals surface area contributed by atoms with Crippen LogP contribution in [0.3, 0.4) is 0 Å². The summed E-state index contributed by atoms with van der Waals surface area (Å²) in [5.74, 6) is -0.499. The number of hydrogen-bond donors (Lipinski definition) is 1. The maximum Gasteiger partial charge on any atom is 0.266 e. The molecule has 0 bridgehead atoms. The molecule has 114 valence electrons. The Bertz CT molecular complexity index is 746.